The Kier molecular flexibility index (Phi) is 7.25. The molecule has 2 amide bonds. The fraction of sp³-hybridized carbons (Fsp3) is 0.357. The zero-order valence-electron chi connectivity index (χ0n) is 11.6. The Hall–Kier alpha value is -2.08. The van der Waals surface area contributed by atoms with Gasteiger partial charge >= 0.3 is 17.8 Å². The number of rotatable bonds is 6. The summed E-state index contributed by atoms with van der Waals surface area (Å²) in [6.07, 6.45) is 0.592. The van der Waals surface area contributed by atoms with Crippen LogP contribution in [0.2, 0.25) is 0 Å². The number of ether oxygens (including phenoxy) is 1. The van der Waals surface area contributed by atoms with Gasteiger partial charge in [0.1, 0.15) is 0 Å². The molecule has 0 spiro atoms. The molecule has 0 fully saturated rings. The molecule has 21 heavy (non-hydrogen) atoms. The van der Waals surface area contributed by atoms with E-state index in [9.17, 15) is 14.4 Å². The summed E-state index contributed by atoms with van der Waals surface area (Å²) in [6.45, 7) is 2.35. The SMILES string of the molecule is CCOC(=O)c1ccc(NC(=O)C(=O)NCCCCl)cc1. The molecule has 0 aliphatic rings. The molecule has 0 aliphatic heterocycles. The largest absolute Gasteiger partial charge is 0.462 e. The molecule has 0 saturated heterocycles. The Morgan fingerprint density at radius 2 is 1.81 bits per heavy atom. The third-order valence-electron chi connectivity index (χ3n) is 2.46. The highest BCUT2D eigenvalue weighted by atomic mass is 35.5. The summed E-state index contributed by atoms with van der Waals surface area (Å²) in [5, 5.41) is 4.87. The van der Waals surface area contributed by atoms with Crippen LogP contribution in [0.1, 0.15) is 23.7 Å². The van der Waals surface area contributed by atoms with E-state index >= 15 is 0 Å². The van der Waals surface area contributed by atoms with Gasteiger partial charge in [-0.1, -0.05) is 0 Å². The van der Waals surface area contributed by atoms with E-state index < -0.39 is 17.8 Å². The summed E-state index contributed by atoms with van der Waals surface area (Å²) in [7, 11) is 0. The van der Waals surface area contributed by atoms with Crippen molar-refractivity contribution in [2.45, 2.75) is 13.3 Å². The number of halogens is 1. The van der Waals surface area contributed by atoms with Gasteiger partial charge in [-0.25, -0.2) is 4.79 Å². The fourth-order valence-corrected chi connectivity index (χ4v) is 1.57. The highest BCUT2D eigenvalue weighted by Crippen LogP contribution is 2.10. The van der Waals surface area contributed by atoms with Crippen LogP contribution in [-0.2, 0) is 14.3 Å². The molecular formula is C14H17ClN2O4. The first-order chi connectivity index (χ1) is 10.1. The maximum Gasteiger partial charge on any atom is 0.338 e. The number of nitrogens with one attached hydrogen (secondary N) is 2. The lowest BCUT2D eigenvalue weighted by Crippen LogP contribution is -2.36. The summed E-state index contributed by atoms with van der Waals surface area (Å²) >= 11 is 5.47. The van der Waals surface area contributed by atoms with Crippen molar-refractivity contribution in [2.24, 2.45) is 0 Å². The minimum absolute atomic E-state index is 0.291. The van der Waals surface area contributed by atoms with Gasteiger partial charge in [-0.3, -0.25) is 9.59 Å². The van der Waals surface area contributed by atoms with Gasteiger partial charge in [0.15, 0.2) is 0 Å². The number of carbonyl (C=O) groups is 3. The maximum absolute atomic E-state index is 11.6. The molecule has 0 bridgehead atoms. The van der Waals surface area contributed by atoms with Crippen LogP contribution in [0, 0.1) is 0 Å². The minimum Gasteiger partial charge on any atom is -0.462 e. The first kappa shape index (κ1) is 17.0. The summed E-state index contributed by atoms with van der Waals surface area (Å²) < 4.78 is 4.84. The van der Waals surface area contributed by atoms with Crippen molar-refractivity contribution in [1.29, 1.82) is 0 Å². The molecule has 0 unspecified atom stereocenters. The van der Waals surface area contributed by atoms with Crippen molar-refractivity contribution in [3.05, 3.63) is 29.8 Å². The molecule has 1 aromatic rings. The lowest BCUT2D eigenvalue weighted by Gasteiger charge is -2.07. The van der Waals surface area contributed by atoms with Crippen LogP contribution in [0.25, 0.3) is 0 Å². The van der Waals surface area contributed by atoms with E-state index in [-0.39, 0.29) is 0 Å². The van der Waals surface area contributed by atoms with E-state index in [1.165, 1.54) is 24.3 Å². The fourth-order valence-electron chi connectivity index (χ4n) is 1.44. The predicted molar refractivity (Wildman–Crippen MR) is 79.4 cm³/mol. The van der Waals surface area contributed by atoms with Gasteiger partial charge in [0.05, 0.1) is 12.2 Å². The van der Waals surface area contributed by atoms with Crippen molar-refractivity contribution >= 4 is 35.1 Å². The molecule has 0 saturated carbocycles. The van der Waals surface area contributed by atoms with Crippen LogP contribution in [0.4, 0.5) is 5.69 Å². The van der Waals surface area contributed by atoms with Gasteiger partial charge in [0.2, 0.25) is 0 Å². The first-order valence-corrected chi connectivity index (χ1v) is 7.04. The predicted octanol–water partition coefficient (Wildman–Crippen LogP) is 1.55. The smallest absolute Gasteiger partial charge is 0.338 e. The van der Waals surface area contributed by atoms with Gasteiger partial charge in [-0.2, -0.15) is 0 Å². The van der Waals surface area contributed by atoms with Crippen LogP contribution in [0.5, 0.6) is 0 Å². The van der Waals surface area contributed by atoms with Crippen LogP contribution < -0.4 is 10.6 Å². The molecule has 0 radical (unpaired) electrons. The number of anilines is 1. The number of benzene rings is 1. The molecular weight excluding hydrogens is 296 g/mol. The van der Waals surface area contributed by atoms with E-state index in [4.69, 9.17) is 16.3 Å². The lowest BCUT2D eigenvalue weighted by molar-refractivity contribution is -0.136. The third kappa shape index (κ3) is 5.83. The zero-order valence-corrected chi connectivity index (χ0v) is 12.4. The maximum atomic E-state index is 11.6. The van der Waals surface area contributed by atoms with Crippen molar-refractivity contribution in [3.8, 4) is 0 Å². The van der Waals surface area contributed by atoms with Gasteiger partial charge in [-0.15, -0.1) is 11.6 Å². The monoisotopic (exact) mass is 312 g/mol. The number of carbonyl (C=O) groups excluding carboxylic acids is 3. The van der Waals surface area contributed by atoms with E-state index in [2.05, 4.69) is 10.6 Å². The second kappa shape index (κ2) is 8.97. The molecule has 0 heterocycles. The van der Waals surface area contributed by atoms with E-state index in [1.807, 2.05) is 0 Å². The minimum atomic E-state index is -0.770. The van der Waals surface area contributed by atoms with E-state index in [1.54, 1.807) is 6.92 Å². The van der Waals surface area contributed by atoms with Crippen LogP contribution >= 0.6 is 11.6 Å². The number of hydrogen-bond donors (Lipinski definition) is 2. The molecule has 7 heteroatoms. The quantitative estimate of drug-likeness (QED) is 0.361. The molecule has 0 aliphatic carbocycles. The average Bonchev–Trinajstić information content (AvgIpc) is 2.48. The van der Waals surface area contributed by atoms with Gasteiger partial charge in [0.25, 0.3) is 0 Å². The van der Waals surface area contributed by atoms with Gasteiger partial charge in [0, 0.05) is 18.1 Å². The summed E-state index contributed by atoms with van der Waals surface area (Å²) in [5.41, 5.74) is 0.793. The number of esters is 1. The molecule has 1 aromatic carbocycles. The number of hydrogen-bond acceptors (Lipinski definition) is 4. The second-order valence-electron chi connectivity index (χ2n) is 4.05. The Morgan fingerprint density at radius 3 is 2.38 bits per heavy atom. The second-order valence-corrected chi connectivity index (χ2v) is 4.43. The van der Waals surface area contributed by atoms with Crippen LogP contribution in [-0.4, -0.2) is 36.8 Å². The van der Waals surface area contributed by atoms with Gasteiger partial charge < -0.3 is 15.4 Å². The summed E-state index contributed by atoms with van der Waals surface area (Å²) in [6, 6.07) is 6.07. The molecule has 6 nitrogen and oxygen atoms in total. The Balaban J connectivity index is 2.53. The molecule has 0 atom stereocenters. The van der Waals surface area contributed by atoms with E-state index in [0.29, 0.717) is 36.7 Å². The third-order valence-corrected chi connectivity index (χ3v) is 2.72. The topological polar surface area (TPSA) is 84.5 Å². The molecule has 2 N–H and O–H groups in total. The lowest BCUT2D eigenvalue weighted by atomic mass is 10.2. The van der Waals surface area contributed by atoms with Crippen molar-refractivity contribution in [3.63, 3.8) is 0 Å². The standard InChI is InChI=1S/C14H17ClN2O4/c1-2-21-14(20)10-4-6-11(7-5-10)17-13(19)12(18)16-9-3-8-15/h4-7H,2-3,8-9H2,1H3,(H,16,18)(H,17,19). The van der Waals surface area contributed by atoms with Crippen molar-refractivity contribution < 1.29 is 19.1 Å². The summed E-state index contributed by atoms with van der Waals surface area (Å²) in [5.74, 6) is -1.52. The van der Waals surface area contributed by atoms with Crippen molar-refractivity contribution in [2.75, 3.05) is 24.3 Å². The van der Waals surface area contributed by atoms with Crippen molar-refractivity contribution in [1.82, 2.24) is 5.32 Å². The summed E-state index contributed by atoms with van der Waals surface area (Å²) in [4.78, 5) is 34.5. The number of alkyl halides is 1. The Labute approximate surface area is 127 Å². The zero-order chi connectivity index (χ0) is 15.7. The number of amides is 2. The Morgan fingerprint density at radius 1 is 1.14 bits per heavy atom. The highest BCUT2D eigenvalue weighted by Gasteiger charge is 2.13. The average molecular weight is 313 g/mol. The molecule has 114 valence electrons. The normalized spacial score (nSPS) is 9.81. The first-order valence-electron chi connectivity index (χ1n) is 6.50. The van der Waals surface area contributed by atoms with Gasteiger partial charge in [-0.05, 0) is 37.6 Å². The van der Waals surface area contributed by atoms with E-state index in [0.717, 1.165) is 0 Å². The van der Waals surface area contributed by atoms with Crippen LogP contribution in [0.3, 0.4) is 0 Å². The highest BCUT2D eigenvalue weighted by molar-refractivity contribution is 6.39. The van der Waals surface area contributed by atoms with Crippen LogP contribution in [0.15, 0.2) is 24.3 Å². The molecule has 1 rings (SSSR count). The Bertz CT molecular complexity index is 502. The molecule has 0 aromatic heterocycles.